The Morgan fingerprint density at radius 3 is 2.44 bits per heavy atom. The van der Waals surface area contributed by atoms with E-state index in [0.717, 1.165) is 9.35 Å². The van der Waals surface area contributed by atoms with Crippen molar-refractivity contribution in [2.75, 3.05) is 7.05 Å². The predicted molar refractivity (Wildman–Crippen MR) is 84.1 cm³/mol. The van der Waals surface area contributed by atoms with Crippen molar-refractivity contribution in [3.05, 3.63) is 54.1 Å². The van der Waals surface area contributed by atoms with Gasteiger partial charge in [0.2, 0.25) is 0 Å². The van der Waals surface area contributed by atoms with Crippen LogP contribution >= 0.6 is 50.5 Å². The molecule has 18 heavy (non-hydrogen) atoms. The monoisotopic (exact) mass is 363 g/mol. The van der Waals surface area contributed by atoms with Crippen molar-refractivity contribution in [2.24, 2.45) is 0 Å². The van der Waals surface area contributed by atoms with E-state index in [1.54, 1.807) is 17.4 Å². The molecule has 0 aliphatic heterocycles. The second-order valence-electron chi connectivity index (χ2n) is 3.95. The number of hydrogen-bond acceptors (Lipinski definition) is 2. The van der Waals surface area contributed by atoms with Crippen LogP contribution < -0.4 is 5.32 Å². The maximum absolute atomic E-state index is 6.28. The van der Waals surface area contributed by atoms with E-state index in [4.69, 9.17) is 23.2 Å². The Balaban J connectivity index is 2.48. The number of rotatable bonds is 3. The van der Waals surface area contributed by atoms with Gasteiger partial charge in [0.05, 0.1) is 9.83 Å². The van der Waals surface area contributed by atoms with E-state index in [9.17, 15) is 0 Å². The summed E-state index contributed by atoms with van der Waals surface area (Å²) in [5, 5.41) is 4.65. The fraction of sp³-hybridized carbons (Fsp3) is 0.231. The number of thiophene rings is 1. The fourth-order valence-corrected chi connectivity index (χ4v) is 4.22. The van der Waals surface area contributed by atoms with Crippen LogP contribution in [-0.4, -0.2) is 7.05 Å². The molecule has 1 aromatic heterocycles. The Hall–Kier alpha value is -0.0600. The smallest absolute Gasteiger partial charge is 0.0704 e. The van der Waals surface area contributed by atoms with Crippen molar-refractivity contribution in [2.45, 2.75) is 13.0 Å². The van der Waals surface area contributed by atoms with Crippen LogP contribution in [0.15, 0.2) is 28.1 Å². The van der Waals surface area contributed by atoms with Gasteiger partial charge in [0.1, 0.15) is 0 Å². The lowest BCUT2D eigenvalue weighted by Crippen LogP contribution is -2.18. The topological polar surface area (TPSA) is 12.0 Å². The third-order valence-electron chi connectivity index (χ3n) is 2.80. The third kappa shape index (κ3) is 2.91. The lowest BCUT2D eigenvalue weighted by molar-refractivity contribution is 0.691. The Bertz CT molecular complexity index is 568. The van der Waals surface area contributed by atoms with Crippen molar-refractivity contribution < 1.29 is 0 Å². The summed E-state index contributed by atoms with van der Waals surface area (Å²) in [6.07, 6.45) is 0. The van der Waals surface area contributed by atoms with Gasteiger partial charge in [-0.05, 0) is 59.2 Å². The average molecular weight is 365 g/mol. The van der Waals surface area contributed by atoms with E-state index in [2.05, 4.69) is 34.2 Å². The summed E-state index contributed by atoms with van der Waals surface area (Å²) in [6.45, 7) is 2.11. The molecule has 0 aliphatic carbocycles. The molecule has 0 radical (unpaired) electrons. The Labute approximate surface area is 129 Å². The summed E-state index contributed by atoms with van der Waals surface area (Å²) in [7, 11) is 1.93. The molecule has 1 unspecified atom stereocenters. The average Bonchev–Trinajstić information content (AvgIpc) is 2.62. The summed E-state index contributed by atoms with van der Waals surface area (Å²) in [6, 6.07) is 7.82. The number of aryl methyl sites for hydroxylation is 1. The lowest BCUT2D eigenvalue weighted by atomic mass is 9.99. The zero-order valence-electron chi connectivity index (χ0n) is 9.93. The van der Waals surface area contributed by atoms with Gasteiger partial charge in [-0.15, -0.1) is 11.3 Å². The van der Waals surface area contributed by atoms with Crippen LogP contribution in [0.4, 0.5) is 0 Å². The van der Waals surface area contributed by atoms with Gasteiger partial charge >= 0.3 is 0 Å². The first-order valence-electron chi connectivity index (χ1n) is 5.41. The number of hydrogen-bond donors (Lipinski definition) is 1. The highest BCUT2D eigenvalue weighted by Gasteiger charge is 2.19. The molecule has 1 N–H and O–H groups in total. The number of halogens is 3. The van der Waals surface area contributed by atoms with Gasteiger partial charge in [-0.25, -0.2) is 0 Å². The van der Waals surface area contributed by atoms with Crippen LogP contribution in [0.1, 0.15) is 22.0 Å². The molecule has 0 saturated heterocycles. The Morgan fingerprint density at radius 1 is 1.22 bits per heavy atom. The first-order valence-corrected chi connectivity index (χ1v) is 7.77. The predicted octanol–water partition coefficient (Wildman–Crippen LogP) is 5.43. The standard InChI is InChI=1S/C13H12BrCl2NS/c1-7-10(6-12(14)18-7)13(17-2)9-4-3-8(15)5-11(9)16/h3-6,13,17H,1-2H3. The molecule has 0 bridgehead atoms. The molecule has 2 rings (SSSR count). The molecule has 0 amide bonds. The van der Waals surface area contributed by atoms with Gasteiger partial charge in [-0.3, -0.25) is 0 Å². The van der Waals surface area contributed by atoms with Crippen LogP contribution in [0, 0.1) is 6.92 Å². The molecule has 0 fully saturated rings. The summed E-state index contributed by atoms with van der Waals surface area (Å²) >= 11 is 17.5. The van der Waals surface area contributed by atoms with Crippen LogP contribution in [0.2, 0.25) is 10.0 Å². The van der Waals surface area contributed by atoms with E-state index in [-0.39, 0.29) is 6.04 Å². The largest absolute Gasteiger partial charge is 0.309 e. The van der Waals surface area contributed by atoms with E-state index in [1.807, 2.05) is 19.2 Å². The van der Waals surface area contributed by atoms with Crippen molar-refractivity contribution in [1.82, 2.24) is 5.32 Å². The van der Waals surface area contributed by atoms with Gasteiger partial charge in [0.25, 0.3) is 0 Å². The van der Waals surface area contributed by atoms with Gasteiger partial charge in [-0.2, -0.15) is 0 Å². The minimum atomic E-state index is 0.0808. The normalized spacial score (nSPS) is 12.7. The van der Waals surface area contributed by atoms with Crippen molar-refractivity contribution in [3.63, 3.8) is 0 Å². The lowest BCUT2D eigenvalue weighted by Gasteiger charge is -2.18. The molecule has 1 aromatic carbocycles. The van der Waals surface area contributed by atoms with Crippen LogP contribution in [0.5, 0.6) is 0 Å². The minimum Gasteiger partial charge on any atom is -0.309 e. The summed E-state index contributed by atoms with van der Waals surface area (Å²) < 4.78 is 1.13. The summed E-state index contributed by atoms with van der Waals surface area (Å²) in [5.74, 6) is 0. The SMILES string of the molecule is CNC(c1ccc(Cl)cc1Cl)c1cc(Br)sc1C. The zero-order valence-corrected chi connectivity index (χ0v) is 13.8. The van der Waals surface area contributed by atoms with Gasteiger partial charge < -0.3 is 5.32 Å². The molecule has 0 saturated carbocycles. The van der Waals surface area contributed by atoms with Crippen molar-refractivity contribution >= 4 is 50.5 Å². The molecule has 0 aliphatic rings. The molecule has 0 spiro atoms. The second-order valence-corrected chi connectivity index (χ2v) is 7.43. The molecule has 1 atom stereocenters. The highest BCUT2D eigenvalue weighted by Crippen LogP contribution is 2.36. The molecule has 5 heteroatoms. The van der Waals surface area contributed by atoms with Crippen LogP contribution in [0.3, 0.4) is 0 Å². The van der Waals surface area contributed by atoms with Crippen LogP contribution in [0.25, 0.3) is 0 Å². The highest BCUT2D eigenvalue weighted by atomic mass is 79.9. The first kappa shape index (κ1) is 14.4. The number of nitrogens with one attached hydrogen (secondary N) is 1. The Kier molecular flexibility index (Phi) is 4.73. The van der Waals surface area contributed by atoms with E-state index in [1.165, 1.54) is 10.4 Å². The summed E-state index contributed by atoms with van der Waals surface area (Å²) in [4.78, 5) is 1.27. The van der Waals surface area contributed by atoms with Crippen LogP contribution in [-0.2, 0) is 0 Å². The molecule has 2 aromatic rings. The second kappa shape index (κ2) is 5.93. The molecule has 1 heterocycles. The molecular formula is C13H12BrCl2NS. The number of benzene rings is 1. The van der Waals surface area contributed by atoms with Gasteiger partial charge in [0, 0.05) is 14.9 Å². The molecular weight excluding hydrogens is 353 g/mol. The maximum Gasteiger partial charge on any atom is 0.0704 e. The van der Waals surface area contributed by atoms with E-state index >= 15 is 0 Å². The zero-order chi connectivity index (χ0) is 13.3. The molecule has 96 valence electrons. The summed E-state index contributed by atoms with van der Waals surface area (Å²) in [5.41, 5.74) is 2.27. The van der Waals surface area contributed by atoms with Gasteiger partial charge in [0.15, 0.2) is 0 Å². The fourth-order valence-electron chi connectivity index (χ4n) is 1.96. The Morgan fingerprint density at radius 2 is 1.94 bits per heavy atom. The highest BCUT2D eigenvalue weighted by molar-refractivity contribution is 9.11. The van der Waals surface area contributed by atoms with E-state index < -0.39 is 0 Å². The van der Waals surface area contributed by atoms with E-state index in [0.29, 0.717) is 10.0 Å². The van der Waals surface area contributed by atoms with Crippen molar-refractivity contribution in [1.29, 1.82) is 0 Å². The van der Waals surface area contributed by atoms with Gasteiger partial charge in [-0.1, -0.05) is 29.3 Å². The van der Waals surface area contributed by atoms with Crippen molar-refractivity contribution in [3.8, 4) is 0 Å². The maximum atomic E-state index is 6.28. The third-order valence-corrected chi connectivity index (χ3v) is 4.93. The quantitative estimate of drug-likeness (QED) is 0.765. The molecule has 1 nitrogen and oxygen atoms in total. The minimum absolute atomic E-state index is 0.0808. The first-order chi connectivity index (χ1) is 8.52.